The molecule has 1 N–H and O–H groups in total. The van der Waals surface area contributed by atoms with E-state index < -0.39 is 0 Å². The second-order valence-electron chi connectivity index (χ2n) is 16.8. The molecule has 6 aliphatic rings. The molecule has 0 unspecified atom stereocenters. The Morgan fingerprint density at radius 1 is 0.862 bits per heavy atom. The summed E-state index contributed by atoms with van der Waals surface area (Å²) in [7, 11) is 3.19. The molecule has 2 saturated heterocycles. The van der Waals surface area contributed by atoms with Crippen molar-refractivity contribution in [1.29, 1.82) is 0 Å². The number of methoxy groups -OCH3 is 2. The molecule has 12 nitrogen and oxygen atoms in total. The van der Waals surface area contributed by atoms with Crippen molar-refractivity contribution >= 4 is 40.9 Å². The number of anilines is 1. The van der Waals surface area contributed by atoms with Gasteiger partial charge in [-0.1, -0.05) is 24.3 Å². The van der Waals surface area contributed by atoms with Crippen molar-refractivity contribution in [2.24, 2.45) is 10.4 Å². The number of carbonyl (C=O) groups is 3. The minimum absolute atomic E-state index is 0.00313. The number of hydrogen-bond donors (Lipinski definition) is 1. The van der Waals surface area contributed by atoms with Gasteiger partial charge in [-0.2, -0.15) is 0 Å². The van der Waals surface area contributed by atoms with Gasteiger partial charge in [-0.05, 0) is 98.0 Å². The van der Waals surface area contributed by atoms with E-state index in [1.165, 1.54) is 18.4 Å². The Balaban J connectivity index is 0.770. The highest BCUT2D eigenvalue weighted by Crippen LogP contribution is 2.55. The molecular weight excluding hydrogens is 735 g/mol. The fourth-order valence-corrected chi connectivity index (χ4v) is 9.44. The SMILES string of the molecule is COc1cc2c(cc1OCCCCCOc1cc3c(cc1OC)C(=O)N1C=C(c4ccc(C5CCN(C(C)=O)CC5)cc4)C[C@H]1CN3)N=C[C@@H]1CC3(CC3)CN1C2=O. The van der Waals surface area contributed by atoms with Gasteiger partial charge in [0.05, 0.1) is 62.0 Å². The molecule has 1 aliphatic carbocycles. The molecular formula is C46H53N5O7. The predicted molar refractivity (Wildman–Crippen MR) is 222 cm³/mol. The van der Waals surface area contributed by atoms with Gasteiger partial charge in [0.25, 0.3) is 11.8 Å². The van der Waals surface area contributed by atoms with Crippen LogP contribution in [-0.4, -0.2) is 104 Å². The fourth-order valence-electron chi connectivity index (χ4n) is 9.44. The Bertz CT molecular complexity index is 2150. The van der Waals surface area contributed by atoms with Gasteiger partial charge in [0, 0.05) is 57.7 Å². The summed E-state index contributed by atoms with van der Waals surface area (Å²) < 4.78 is 23.7. The van der Waals surface area contributed by atoms with Crippen LogP contribution in [0.2, 0.25) is 0 Å². The minimum atomic E-state index is -0.0601. The summed E-state index contributed by atoms with van der Waals surface area (Å²) in [6.07, 6.45) is 12.5. The summed E-state index contributed by atoms with van der Waals surface area (Å²) in [6.45, 7) is 5.67. The third kappa shape index (κ3) is 7.37. The molecule has 2 atom stereocenters. The van der Waals surface area contributed by atoms with E-state index in [1.54, 1.807) is 33.3 Å². The Hall–Kier alpha value is -5.52. The van der Waals surface area contributed by atoms with Crippen LogP contribution in [0.15, 0.2) is 59.7 Å². The van der Waals surface area contributed by atoms with Crippen molar-refractivity contribution < 1.29 is 33.3 Å². The predicted octanol–water partition coefficient (Wildman–Crippen LogP) is 7.45. The van der Waals surface area contributed by atoms with Gasteiger partial charge < -0.3 is 39.0 Å². The van der Waals surface area contributed by atoms with E-state index >= 15 is 0 Å². The molecule has 304 valence electrons. The number of aliphatic imine (C=N–C) groups is 1. The van der Waals surface area contributed by atoms with Crippen LogP contribution in [0, 0.1) is 5.41 Å². The van der Waals surface area contributed by atoms with Gasteiger partial charge >= 0.3 is 0 Å². The van der Waals surface area contributed by atoms with Gasteiger partial charge in [0.15, 0.2) is 23.0 Å². The van der Waals surface area contributed by atoms with Crippen LogP contribution < -0.4 is 24.3 Å². The minimum Gasteiger partial charge on any atom is -0.493 e. The maximum Gasteiger partial charge on any atom is 0.260 e. The average molecular weight is 788 g/mol. The molecule has 9 rings (SSSR count). The zero-order valence-electron chi connectivity index (χ0n) is 33.8. The first-order valence-corrected chi connectivity index (χ1v) is 20.9. The third-order valence-electron chi connectivity index (χ3n) is 13.1. The van der Waals surface area contributed by atoms with Crippen molar-refractivity contribution in [2.45, 2.75) is 82.7 Å². The summed E-state index contributed by atoms with van der Waals surface area (Å²) in [5, 5.41) is 3.52. The van der Waals surface area contributed by atoms with E-state index in [2.05, 4.69) is 29.6 Å². The lowest BCUT2D eigenvalue weighted by molar-refractivity contribution is -0.129. The third-order valence-corrected chi connectivity index (χ3v) is 13.1. The van der Waals surface area contributed by atoms with Crippen LogP contribution in [0.4, 0.5) is 11.4 Å². The highest BCUT2D eigenvalue weighted by atomic mass is 16.5. The number of benzene rings is 3. The van der Waals surface area contributed by atoms with Crippen LogP contribution in [0.1, 0.15) is 102 Å². The maximum absolute atomic E-state index is 14.0. The molecule has 1 spiro atoms. The van der Waals surface area contributed by atoms with Crippen LogP contribution in [0.3, 0.4) is 0 Å². The van der Waals surface area contributed by atoms with E-state index in [4.69, 9.17) is 23.9 Å². The first-order valence-electron chi connectivity index (χ1n) is 20.9. The van der Waals surface area contributed by atoms with Gasteiger partial charge in [-0.3, -0.25) is 19.4 Å². The average Bonchev–Trinajstić information content (AvgIpc) is 3.78. The molecule has 5 heterocycles. The quantitative estimate of drug-likeness (QED) is 0.188. The number of amides is 3. The van der Waals surface area contributed by atoms with Crippen LogP contribution in [0.25, 0.3) is 5.57 Å². The molecule has 1 saturated carbocycles. The molecule has 58 heavy (non-hydrogen) atoms. The van der Waals surface area contributed by atoms with E-state index in [9.17, 15) is 14.4 Å². The number of ether oxygens (including phenoxy) is 4. The molecule has 0 bridgehead atoms. The lowest BCUT2D eigenvalue weighted by Crippen LogP contribution is -2.36. The van der Waals surface area contributed by atoms with Crippen molar-refractivity contribution in [3.63, 3.8) is 0 Å². The monoisotopic (exact) mass is 787 g/mol. The maximum atomic E-state index is 14.0. The normalized spacial score (nSPS) is 21.6. The van der Waals surface area contributed by atoms with Crippen molar-refractivity contribution in [3.8, 4) is 23.0 Å². The van der Waals surface area contributed by atoms with E-state index in [1.807, 2.05) is 39.2 Å². The molecule has 3 aromatic carbocycles. The van der Waals surface area contributed by atoms with Gasteiger partial charge in [0.1, 0.15) is 0 Å². The number of nitrogens with zero attached hydrogens (tertiary/aromatic N) is 4. The highest BCUT2D eigenvalue weighted by molar-refractivity contribution is 6.04. The van der Waals surface area contributed by atoms with E-state index in [-0.39, 0.29) is 29.8 Å². The number of fused-ring (bicyclic) bond motifs is 4. The zero-order chi connectivity index (χ0) is 40.0. The smallest absolute Gasteiger partial charge is 0.260 e. The summed E-state index contributed by atoms with van der Waals surface area (Å²) >= 11 is 0. The van der Waals surface area contributed by atoms with Crippen LogP contribution in [0.5, 0.6) is 23.0 Å². The second-order valence-corrected chi connectivity index (χ2v) is 16.8. The fraction of sp³-hybridized carbons (Fsp3) is 0.478. The van der Waals surface area contributed by atoms with Gasteiger partial charge in [0.2, 0.25) is 5.91 Å². The van der Waals surface area contributed by atoms with Crippen LogP contribution >= 0.6 is 0 Å². The van der Waals surface area contributed by atoms with E-state index in [0.29, 0.717) is 70.9 Å². The van der Waals surface area contributed by atoms with Crippen LogP contribution in [-0.2, 0) is 4.79 Å². The van der Waals surface area contributed by atoms with Crippen molar-refractivity contribution in [3.05, 3.63) is 77.0 Å². The molecule has 3 amide bonds. The zero-order valence-corrected chi connectivity index (χ0v) is 33.8. The van der Waals surface area contributed by atoms with Gasteiger partial charge in [-0.25, -0.2) is 0 Å². The number of likely N-dealkylation sites (tertiary alicyclic amines) is 1. The number of hydrogen-bond acceptors (Lipinski definition) is 9. The molecule has 3 aromatic rings. The van der Waals surface area contributed by atoms with Crippen molar-refractivity contribution in [1.82, 2.24) is 14.7 Å². The molecule has 3 fully saturated rings. The number of piperidine rings is 1. The first kappa shape index (κ1) is 38.0. The molecule has 12 heteroatoms. The van der Waals surface area contributed by atoms with Crippen molar-refractivity contribution in [2.75, 3.05) is 58.9 Å². The lowest BCUT2D eigenvalue weighted by atomic mass is 9.88. The van der Waals surface area contributed by atoms with E-state index in [0.717, 1.165) is 81.4 Å². The summed E-state index contributed by atoms with van der Waals surface area (Å²) in [4.78, 5) is 49.7. The largest absolute Gasteiger partial charge is 0.493 e. The number of rotatable bonds is 12. The standard InChI is InChI=1S/C46H53N5O7/c1-29(52)49-15-11-32(12-16-49)30-7-9-31(10-8-30)33-19-34-25-47-38-22-42(40(55-2)20-36(38)44(53)50(34)27-33)57-17-5-4-6-18-58-43-23-39-37(21-41(43)56-3)45(54)51-28-46(13-14-46)24-35(51)26-48-39/h7-10,20-23,26-27,32,34-35,47H,4-6,11-19,24-25,28H2,1-3H3/t34-,35-/m0/s1. The highest BCUT2D eigenvalue weighted by Gasteiger charge is 2.53. The Kier molecular flexibility index (Phi) is 10.3. The molecule has 5 aliphatic heterocycles. The topological polar surface area (TPSA) is 122 Å². The number of carbonyl (C=O) groups excluding carboxylic acids is 3. The first-order chi connectivity index (χ1) is 28.2. The molecule has 0 radical (unpaired) electrons. The van der Waals surface area contributed by atoms with Gasteiger partial charge in [-0.15, -0.1) is 0 Å². The lowest BCUT2D eigenvalue weighted by Gasteiger charge is -2.31. The summed E-state index contributed by atoms with van der Waals surface area (Å²) in [5.41, 5.74) is 6.39. The Labute approximate surface area is 340 Å². The number of unbranched alkanes of at least 4 members (excludes halogenated alkanes) is 2. The summed E-state index contributed by atoms with van der Waals surface area (Å²) in [6, 6.07) is 16.1. The second kappa shape index (κ2) is 15.7. The molecule has 0 aromatic heterocycles. The number of nitrogens with one attached hydrogen (secondary N) is 1. The summed E-state index contributed by atoms with van der Waals surface area (Å²) in [5.74, 6) is 2.81. The Morgan fingerprint density at radius 2 is 1.55 bits per heavy atom. The Morgan fingerprint density at radius 3 is 2.22 bits per heavy atom.